The molecule has 0 heterocycles. The molecule has 0 saturated carbocycles. The van der Waals surface area contributed by atoms with Crippen molar-refractivity contribution < 1.29 is 25.2 Å². The molecule has 0 aliphatic carbocycles. The van der Waals surface area contributed by atoms with E-state index in [9.17, 15) is 25.2 Å². The number of amides is 1. The molecule has 0 radical (unpaired) electrons. The van der Waals surface area contributed by atoms with Crippen molar-refractivity contribution in [1.82, 2.24) is 5.32 Å². The molecule has 76 heavy (non-hydrogen) atoms. The van der Waals surface area contributed by atoms with E-state index in [1.165, 1.54) is 276 Å². The number of aliphatic hydroxyl groups excluding tert-OH is 4. The third kappa shape index (κ3) is 57.0. The molecule has 4 atom stereocenters. The van der Waals surface area contributed by atoms with Crippen molar-refractivity contribution in [2.45, 2.75) is 385 Å². The van der Waals surface area contributed by atoms with Crippen LogP contribution in [-0.4, -0.2) is 57.3 Å². The molecule has 0 aromatic rings. The molecule has 0 aromatic heterocycles. The van der Waals surface area contributed by atoms with Crippen LogP contribution in [0.5, 0.6) is 0 Å². The van der Waals surface area contributed by atoms with Crippen molar-refractivity contribution in [3.05, 3.63) is 48.6 Å². The van der Waals surface area contributed by atoms with Crippen LogP contribution in [0.1, 0.15) is 361 Å². The van der Waals surface area contributed by atoms with Crippen molar-refractivity contribution in [1.29, 1.82) is 0 Å². The molecule has 0 spiro atoms. The smallest absolute Gasteiger partial charge is 0.249 e. The van der Waals surface area contributed by atoms with E-state index in [1.807, 2.05) is 0 Å². The fourth-order valence-corrected chi connectivity index (χ4v) is 10.7. The standard InChI is InChI=1S/C70H133NO5/c1-3-5-7-9-11-13-15-17-19-21-23-25-27-29-31-33-34-35-36-38-39-41-43-45-47-49-51-53-55-57-59-61-63-67(73)69(75)66(65-72)71-70(76)68(74)64-62-60-58-56-54-52-50-48-46-44-42-40-37-32-30-28-26-24-22-20-18-16-14-12-10-8-6-4-2/h30,32,39,41,47,49,55,57,66-69,72-75H,3-29,31,33-38,40,42-46,48,50-54,56,58-65H2,1-2H3,(H,71,76)/b32-30-,41-39+,49-47+,57-55+. The summed E-state index contributed by atoms with van der Waals surface area (Å²) in [7, 11) is 0. The van der Waals surface area contributed by atoms with E-state index in [-0.39, 0.29) is 0 Å². The van der Waals surface area contributed by atoms with Crippen molar-refractivity contribution in [2.24, 2.45) is 0 Å². The Morgan fingerprint density at radius 2 is 0.553 bits per heavy atom. The van der Waals surface area contributed by atoms with E-state index in [1.54, 1.807) is 0 Å². The summed E-state index contributed by atoms with van der Waals surface area (Å²) in [5.41, 5.74) is 0. The van der Waals surface area contributed by atoms with Gasteiger partial charge in [-0.05, 0) is 89.9 Å². The predicted octanol–water partition coefficient (Wildman–Crippen LogP) is 20.9. The topological polar surface area (TPSA) is 110 Å². The van der Waals surface area contributed by atoms with Crippen LogP contribution in [0, 0.1) is 0 Å². The largest absolute Gasteiger partial charge is 0.394 e. The Morgan fingerprint density at radius 1 is 0.316 bits per heavy atom. The van der Waals surface area contributed by atoms with E-state index in [2.05, 4.69) is 67.8 Å². The van der Waals surface area contributed by atoms with Crippen LogP contribution in [0.4, 0.5) is 0 Å². The quantitative estimate of drug-likeness (QED) is 0.0308. The molecule has 0 saturated heterocycles. The zero-order chi connectivity index (χ0) is 55.1. The van der Waals surface area contributed by atoms with Crippen LogP contribution < -0.4 is 5.32 Å². The van der Waals surface area contributed by atoms with E-state index in [4.69, 9.17) is 0 Å². The number of carbonyl (C=O) groups is 1. The average molecular weight is 1070 g/mol. The lowest BCUT2D eigenvalue weighted by Crippen LogP contribution is -2.53. The molecule has 0 fully saturated rings. The van der Waals surface area contributed by atoms with Gasteiger partial charge < -0.3 is 25.7 Å². The molecule has 0 aromatic carbocycles. The van der Waals surface area contributed by atoms with E-state index in [0.29, 0.717) is 19.3 Å². The van der Waals surface area contributed by atoms with Gasteiger partial charge in [0.15, 0.2) is 0 Å². The molecule has 1 amide bonds. The molecule has 448 valence electrons. The molecule has 4 unspecified atom stereocenters. The highest BCUT2D eigenvalue weighted by Crippen LogP contribution is 2.18. The molecule has 0 aliphatic heterocycles. The number of aliphatic hydroxyl groups is 4. The van der Waals surface area contributed by atoms with Crippen molar-refractivity contribution >= 4 is 5.91 Å². The monoisotopic (exact) mass is 1070 g/mol. The minimum absolute atomic E-state index is 0.358. The van der Waals surface area contributed by atoms with Crippen molar-refractivity contribution in [3.8, 4) is 0 Å². The Labute approximate surface area is 474 Å². The Bertz CT molecular complexity index is 1250. The SMILES string of the molecule is CCCCCCCCCCCCCC/C=C\CCCCCCCCCCCCCCC(O)C(=O)NC(CO)C(O)C(O)CCC/C=C/CC/C=C/CC/C=C/CCCCCCCCCCCCCCCCCCCCC. The van der Waals surface area contributed by atoms with Gasteiger partial charge in [0.25, 0.3) is 0 Å². The van der Waals surface area contributed by atoms with Crippen molar-refractivity contribution in [2.75, 3.05) is 6.61 Å². The molecule has 0 bridgehead atoms. The molecule has 0 aliphatic rings. The second kappa shape index (κ2) is 64.1. The highest BCUT2D eigenvalue weighted by Gasteiger charge is 2.28. The maximum Gasteiger partial charge on any atom is 0.249 e. The summed E-state index contributed by atoms with van der Waals surface area (Å²) in [6.07, 6.45) is 83.7. The summed E-state index contributed by atoms with van der Waals surface area (Å²) in [6, 6.07) is -1.01. The Kier molecular flexibility index (Phi) is 62.6. The van der Waals surface area contributed by atoms with Gasteiger partial charge >= 0.3 is 0 Å². The zero-order valence-electron chi connectivity index (χ0n) is 51.0. The van der Waals surface area contributed by atoms with Gasteiger partial charge in [-0.15, -0.1) is 0 Å². The van der Waals surface area contributed by atoms with Gasteiger partial charge in [0.05, 0.1) is 18.8 Å². The van der Waals surface area contributed by atoms with Gasteiger partial charge in [0.2, 0.25) is 5.91 Å². The van der Waals surface area contributed by atoms with Gasteiger partial charge in [0.1, 0.15) is 12.2 Å². The van der Waals surface area contributed by atoms with Crippen LogP contribution in [0.3, 0.4) is 0 Å². The van der Waals surface area contributed by atoms with Crippen LogP contribution in [0.15, 0.2) is 48.6 Å². The first-order valence-electron chi connectivity index (χ1n) is 34.0. The first-order chi connectivity index (χ1) is 37.5. The van der Waals surface area contributed by atoms with E-state index < -0.39 is 36.9 Å². The summed E-state index contributed by atoms with van der Waals surface area (Å²) in [6.45, 7) is 4.09. The molecule has 6 heteroatoms. The van der Waals surface area contributed by atoms with E-state index >= 15 is 0 Å². The number of nitrogens with one attached hydrogen (secondary N) is 1. The number of rotatable bonds is 63. The van der Waals surface area contributed by atoms with Crippen LogP contribution >= 0.6 is 0 Å². The molecule has 6 nitrogen and oxygen atoms in total. The second-order valence-electron chi connectivity index (χ2n) is 23.5. The van der Waals surface area contributed by atoms with Gasteiger partial charge in [-0.2, -0.15) is 0 Å². The first kappa shape index (κ1) is 74.3. The Morgan fingerprint density at radius 3 is 0.829 bits per heavy atom. The third-order valence-electron chi connectivity index (χ3n) is 16.0. The summed E-state index contributed by atoms with van der Waals surface area (Å²) in [4.78, 5) is 12.6. The maximum absolute atomic E-state index is 12.6. The van der Waals surface area contributed by atoms with Crippen LogP contribution in [0.2, 0.25) is 0 Å². The normalized spacial score (nSPS) is 13.8. The highest BCUT2D eigenvalue weighted by molar-refractivity contribution is 5.80. The minimum Gasteiger partial charge on any atom is -0.394 e. The highest BCUT2D eigenvalue weighted by atomic mass is 16.3. The summed E-state index contributed by atoms with van der Waals surface area (Å²) < 4.78 is 0. The maximum atomic E-state index is 12.6. The summed E-state index contributed by atoms with van der Waals surface area (Å²) in [5.74, 6) is -0.596. The molecule has 5 N–H and O–H groups in total. The molecular weight excluding hydrogens is 935 g/mol. The lowest BCUT2D eigenvalue weighted by Gasteiger charge is -2.27. The van der Waals surface area contributed by atoms with Gasteiger partial charge in [-0.1, -0.05) is 319 Å². The lowest BCUT2D eigenvalue weighted by atomic mass is 10.00. The fourth-order valence-electron chi connectivity index (χ4n) is 10.7. The van der Waals surface area contributed by atoms with Gasteiger partial charge in [0, 0.05) is 0 Å². The minimum atomic E-state index is -1.30. The number of hydrogen-bond donors (Lipinski definition) is 5. The number of carbonyl (C=O) groups excluding carboxylic acids is 1. The predicted molar refractivity (Wildman–Crippen MR) is 334 cm³/mol. The third-order valence-corrected chi connectivity index (χ3v) is 16.0. The fraction of sp³-hybridized carbons (Fsp3) is 0.871. The van der Waals surface area contributed by atoms with Gasteiger partial charge in [-0.3, -0.25) is 4.79 Å². The number of unbranched alkanes of at least 4 members (excludes halogenated alkanes) is 46. The molecular formula is C70H133NO5. The number of hydrogen-bond acceptors (Lipinski definition) is 5. The van der Waals surface area contributed by atoms with E-state index in [0.717, 1.165) is 51.4 Å². The van der Waals surface area contributed by atoms with Gasteiger partial charge in [-0.25, -0.2) is 0 Å². The first-order valence-corrected chi connectivity index (χ1v) is 34.0. The van der Waals surface area contributed by atoms with Crippen LogP contribution in [-0.2, 0) is 4.79 Å². The summed E-state index contributed by atoms with van der Waals surface area (Å²) in [5, 5.41) is 44.1. The molecule has 0 rings (SSSR count). The average Bonchev–Trinajstić information content (AvgIpc) is 3.42. The van der Waals surface area contributed by atoms with Crippen molar-refractivity contribution in [3.63, 3.8) is 0 Å². The number of allylic oxidation sites excluding steroid dienone is 8. The Balaban J connectivity index is 3.64. The lowest BCUT2D eigenvalue weighted by molar-refractivity contribution is -0.132. The second-order valence-corrected chi connectivity index (χ2v) is 23.5. The summed E-state index contributed by atoms with van der Waals surface area (Å²) >= 11 is 0. The van der Waals surface area contributed by atoms with Crippen LogP contribution in [0.25, 0.3) is 0 Å². The Hall–Kier alpha value is -1.73. The zero-order valence-corrected chi connectivity index (χ0v) is 51.0.